The number of aliphatic hydroxyl groups is 1. The van der Waals surface area contributed by atoms with Gasteiger partial charge in [0.25, 0.3) is 0 Å². The molecule has 1 unspecified atom stereocenters. The van der Waals surface area contributed by atoms with Gasteiger partial charge in [-0.3, -0.25) is 0 Å². The lowest BCUT2D eigenvalue weighted by Crippen LogP contribution is -2.16. The summed E-state index contributed by atoms with van der Waals surface area (Å²) >= 11 is 0. The fourth-order valence-corrected chi connectivity index (χ4v) is 1.70. The molecule has 1 heterocycles. The molecular weight excluding hydrogens is 224 g/mol. The molecule has 0 fully saturated rings. The maximum Gasteiger partial charge on any atom is 0.339 e. The van der Waals surface area contributed by atoms with Gasteiger partial charge in [-0.05, 0) is 37.1 Å². The Labute approximate surface area is 98.9 Å². The Balaban J connectivity index is 2.29. The molecule has 0 bridgehead atoms. The third-order valence-corrected chi connectivity index (χ3v) is 2.57. The number of fused-ring (bicyclic) bond motifs is 1. The number of esters is 1. The fraction of sp³-hybridized carbons (Fsp3) is 0.417. The van der Waals surface area contributed by atoms with Crippen LogP contribution in [0.1, 0.15) is 24.2 Å². The van der Waals surface area contributed by atoms with Gasteiger partial charge in [-0.1, -0.05) is 0 Å². The Bertz CT molecular complexity index is 441. The van der Waals surface area contributed by atoms with Gasteiger partial charge in [0.15, 0.2) is 17.6 Å². The number of benzene rings is 1. The van der Waals surface area contributed by atoms with Crippen LogP contribution in [0.25, 0.3) is 0 Å². The topological polar surface area (TPSA) is 65.0 Å². The smallest absolute Gasteiger partial charge is 0.339 e. The fourth-order valence-electron chi connectivity index (χ4n) is 1.70. The van der Waals surface area contributed by atoms with Gasteiger partial charge < -0.3 is 19.3 Å². The number of rotatable bonds is 3. The van der Waals surface area contributed by atoms with Crippen molar-refractivity contribution in [2.24, 2.45) is 0 Å². The van der Waals surface area contributed by atoms with E-state index in [1.54, 1.807) is 26.0 Å². The van der Waals surface area contributed by atoms with Crippen LogP contribution >= 0.6 is 0 Å². The second kappa shape index (κ2) is 4.63. The van der Waals surface area contributed by atoms with E-state index in [1.165, 1.54) is 0 Å². The Morgan fingerprint density at radius 1 is 1.47 bits per heavy atom. The molecule has 0 spiro atoms. The number of carbonyl (C=O) groups is 1. The van der Waals surface area contributed by atoms with Crippen molar-refractivity contribution in [1.82, 2.24) is 0 Å². The summed E-state index contributed by atoms with van der Waals surface area (Å²) < 4.78 is 15.2. The van der Waals surface area contributed by atoms with Crippen molar-refractivity contribution in [2.75, 3.05) is 13.4 Å². The van der Waals surface area contributed by atoms with Crippen molar-refractivity contribution in [3.05, 3.63) is 23.3 Å². The summed E-state index contributed by atoms with van der Waals surface area (Å²) in [5.74, 6) is 0.505. The lowest BCUT2D eigenvalue weighted by atomic mass is 10.0. The average Bonchev–Trinajstić information content (AvgIpc) is 2.74. The van der Waals surface area contributed by atoms with Crippen LogP contribution in [0.5, 0.6) is 11.5 Å². The van der Waals surface area contributed by atoms with Crippen LogP contribution < -0.4 is 9.47 Å². The van der Waals surface area contributed by atoms with Crippen LogP contribution in [-0.4, -0.2) is 24.5 Å². The predicted molar refractivity (Wildman–Crippen MR) is 58.9 cm³/mol. The summed E-state index contributed by atoms with van der Waals surface area (Å²) in [6.07, 6.45) is -1.29. The molecule has 0 aromatic heterocycles. The Morgan fingerprint density at radius 2 is 2.12 bits per heavy atom. The van der Waals surface area contributed by atoms with Gasteiger partial charge in [0.2, 0.25) is 6.79 Å². The van der Waals surface area contributed by atoms with Crippen LogP contribution in [0.15, 0.2) is 12.1 Å². The molecular formula is C12H14O5. The molecule has 17 heavy (non-hydrogen) atoms. The second-order valence-electron chi connectivity index (χ2n) is 3.72. The average molecular weight is 238 g/mol. The summed E-state index contributed by atoms with van der Waals surface area (Å²) in [6.45, 7) is 3.88. The first-order valence-corrected chi connectivity index (χ1v) is 5.38. The molecule has 0 aliphatic carbocycles. The van der Waals surface area contributed by atoms with Crippen LogP contribution in [0, 0.1) is 6.92 Å². The molecule has 1 aromatic carbocycles. The van der Waals surface area contributed by atoms with E-state index >= 15 is 0 Å². The van der Waals surface area contributed by atoms with Crippen molar-refractivity contribution in [3.8, 4) is 11.5 Å². The maximum atomic E-state index is 11.5. The van der Waals surface area contributed by atoms with Gasteiger partial charge in [0.1, 0.15) is 0 Å². The highest BCUT2D eigenvalue weighted by molar-refractivity contribution is 5.77. The first kappa shape index (κ1) is 11.7. The highest BCUT2D eigenvalue weighted by Crippen LogP contribution is 2.36. The standard InChI is InChI=1S/C12H14O5/c1-3-15-12(14)11(13)8-5-10-9(4-7(8)2)16-6-17-10/h4-5,11,13H,3,6H2,1-2H3. The van der Waals surface area contributed by atoms with E-state index in [4.69, 9.17) is 14.2 Å². The van der Waals surface area contributed by atoms with Crippen molar-refractivity contribution in [1.29, 1.82) is 0 Å². The van der Waals surface area contributed by atoms with Crippen molar-refractivity contribution in [2.45, 2.75) is 20.0 Å². The molecule has 5 nitrogen and oxygen atoms in total. The minimum absolute atomic E-state index is 0.160. The van der Waals surface area contributed by atoms with Gasteiger partial charge in [-0.15, -0.1) is 0 Å². The zero-order chi connectivity index (χ0) is 12.4. The third kappa shape index (κ3) is 2.19. The summed E-state index contributed by atoms with van der Waals surface area (Å²) in [7, 11) is 0. The SMILES string of the molecule is CCOC(=O)C(O)c1cc2c(cc1C)OCO2. The second-order valence-corrected chi connectivity index (χ2v) is 3.72. The van der Waals surface area contributed by atoms with E-state index < -0.39 is 12.1 Å². The molecule has 1 N–H and O–H groups in total. The van der Waals surface area contributed by atoms with E-state index in [9.17, 15) is 9.90 Å². The molecule has 0 amide bonds. The lowest BCUT2D eigenvalue weighted by Gasteiger charge is -2.13. The van der Waals surface area contributed by atoms with Crippen LogP contribution in [0.3, 0.4) is 0 Å². The molecule has 92 valence electrons. The summed E-state index contributed by atoms with van der Waals surface area (Å²) in [5.41, 5.74) is 1.24. The molecule has 1 aromatic rings. The molecule has 2 rings (SSSR count). The molecule has 0 saturated carbocycles. The molecule has 0 radical (unpaired) electrons. The van der Waals surface area contributed by atoms with E-state index in [-0.39, 0.29) is 13.4 Å². The van der Waals surface area contributed by atoms with E-state index in [0.29, 0.717) is 17.1 Å². The van der Waals surface area contributed by atoms with Gasteiger partial charge >= 0.3 is 5.97 Å². The number of hydrogen-bond acceptors (Lipinski definition) is 5. The van der Waals surface area contributed by atoms with Crippen LogP contribution in [0.4, 0.5) is 0 Å². The molecule has 1 aliphatic heterocycles. The van der Waals surface area contributed by atoms with Crippen LogP contribution in [-0.2, 0) is 9.53 Å². The summed E-state index contributed by atoms with van der Waals surface area (Å²) in [6, 6.07) is 3.35. The minimum atomic E-state index is -1.29. The van der Waals surface area contributed by atoms with Crippen LogP contribution in [0.2, 0.25) is 0 Å². The van der Waals surface area contributed by atoms with Crippen molar-refractivity contribution < 1.29 is 24.1 Å². The molecule has 1 atom stereocenters. The molecule has 5 heteroatoms. The van der Waals surface area contributed by atoms with Gasteiger partial charge in [0.05, 0.1) is 6.61 Å². The number of hydrogen-bond donors (Lipinski definition) is 1. The van der Waals surface area contributed by atoms with E-state index in [0.717, 1.165) is 5.56 Å². The highest BCUT2D eigenvalue weighted by Gasteiger charge is 2.24. The predicted octanol–water partition coefficient (Wildman–Crippen LogP) is 1.32. The van der Waals surface area contributed by atoms with Gasteiger partial charge in [0, 0.05) is 0 Å². The minimum Gasteiger partial charge on any atom is -0.464 e. The summed E-state index contributed by atoms with van der Waals surface area (Å²) in [5, 5.41) is 9.86. The number of aryl methyl sites for hydroxylation is 1. The summed E-state index contributed by atoms with van der Waals surface area (Å²) in [4.78, 5) is 11.5. The maximum absolute atomic E-state index is 11.5. The quantitative estimate of drug-likeness (QED) is 0.804. The Morgan fingerprint density at radius 3 is 2.76 bits per heavy atom. The number of aliphatic hydroxyl groups excluding tert-OH is 1. The first-order valence-electron chi connectivity index (χ1n) is 5.38. The van der Waals surface area contributed by atoms with Crippen molar-refractivity contribution >= 4 is 5.97 Å². The molecule has 0 saturated heterocycles. The highest BCUT2D eigenvalue weighted by atomic mass is 16.7. The largest absolute Gasteiger partial charge is 0.464 e. The van der Waals surface area contributed by atoms with Gasteiger partial charge in [-0.2, -0.15) is 0 Å². The number of ether oxygens (including phenoxy) is 3. The Kier molecular flexibility index (Phi) is 3.19. The monoisotopic (exact) mass is 238 g/mol. The molecule has 1 aliphatic rings. The first-order chi connectivity index (χ1) is 8.13. The van der Waals surface area contributed by atoms with E-state index in [1.807, 2.05) is 0 Å². The third-order valence-electron chi connectivity index (χ3n) is 2.57. The zero-order valence-electron chi connectivity index (χ0n) is 9.73. The normalized spacial score (nSPS) is 14.5. The lowest BCUT2D eigenvalue weighted by molar-refractivity contribution is -0.153. The van der Waals surface area contributed by atoms with E-state index in [2.05, 4.69) is 0 Å². The number of carbonyl (C=O) groups excluding carboxylic acids is 1. The van der Waals surface area contributed by atoms with Crippen molar-refractivity contribution in [3.63, 3.8) is 0 Å². The van der Waals surface area contributed by atoms with Gasteiger partial charge in [-0.25, -0.2) is 4.79 Å². The zero-order valence-corrected chi connectivity index (χ0v) is 9.73. The Hall–Kier alpha value is -1.75.